The minimum atomic E-state index is -0.592. The smallest absolute Gasteiger partial charge is 0.162 e. The number of alkyl halides is 1. The van der Waals surface area contributed by atoms with Gasteiger partial charge in [0.25, 0.3) is 0 Å². The van der Waals surface area contributed by atoms with E-state index in [1.807, 2.05) is 46.4 Å². The van der Waals surface area contributed by atoms with Gasteiger partial charge >= 0.3 is 0 Å². The number of rotatable bonds is 18. The number of hydrogen-bond donors (Lipinski definition) is 1. The van der Waals surface area contributed by atoms with E-state index in [4.69, 9.17) is 0 Å². The molecule has 0 amide bonds. The molecule has 0 spiro atoms. The van der Waals surface area contributed by atoms with E-state index in [0.717, 1.165) is 12.8 Å². The maximum absolute atomic E-state index is 14.0. The van der Waals surface area contributed by atoms with Crippen LogP contribution in [0.25, 0.3) is 0 Å². The summed E-state index contributed by atoms with van der Waals surface area (Å²) in [6.45, 7) is 36.4. The number of hydrogen-bond acceptors (Lipinski definition) is 5. The van der Waals surface area contributed by atoms with E-state index < -0.39 is 9.46 Å². The third-order valence-electron chi connectivity index (χ3n) is 9.75. The topological polar surface area (TPSA) is 66.5 Å². The van der Waals surface area contributed by atoms with Crippen LogP contribution in [0.15, 0.2) is 24.3 Å². The Morgan fingerprint density at radius 2 is 1.22 bits per heavy atom. The first-order chi connectivity index (χ1) is 20.5. The largest absolute Gasteiger partial charge is 0.307 e. The average molecular weight is 753 g/mol. The van der Waals surface area contributed by atoms with Crippen LogP contribution in [0.4, 0.5) is 0 Å². The highest BCUT2D eigenvalue weighted by Gasteiger charge is 2.41. The molecule has 3 unspecified atom stereocenters. The van der Waals surface area contributed by atoms with Crippen molar-refractivity contribution in [3.05, 3.63) is 35.4 Å². The summed E-state index contributed by atoms with van der Waals surface area (Å²) in [5.41, 5.74) is 2.32. The van der Waals surface area contributed by atoms with Gasteiger partial charge in [-0.05, 0) is 95.1 Å². The summed E-state index contributed by atoms with van der Waals surface area (Å²) in [5, 5.41) is 3.79. The number of nitrogens with one attached hydrogen (secondary N) is 1. The molecule has 0 radical (unpaired) electrons. The Labute approximate surface area is 297 Å². The Kier molecular flexibility index (Phi) is 15.0. The van der Waals surface area contributed by atoms with Crippen molar-refractivity contribution in [2.75, 3.05) is 13.1 Å². The van der Waals surface area contributed by atoms with E-state index in [-0.39, 0.29) is 70.1 Å². The molecule has 1 rings (SSSR count). The molecule has 0 heterocycles. The summed E-state index contributed by atoms with van der Waals surface area (Å²) in [6.07, 6.45) is 1.75. The van der Waals surface area contributed by atoms with Gasteiger partial charge in [-0.15, -0.1) is 0 Å². The standard InChI is InChI=1S/C40H69IN2O3/c1-26(2)32(44)23-43(24-33(45)39(15,16)41)34(35(46)27(3)4)29(7)22-40(17,28(5)6)31-20-18-30(19-21-31)37(11,12)25-38(13,14)42-36(8,9)10/h18-21,26-29,34,42H,22-25H2,1-17H3. The summed E-state index contributed by atoms with van der Waals surface area (Å²) < 4.78 is -0.592. The lowest BCUT2D eigenvalue weighted by Gasteiger charge is -2.43. The molecule has 0 saturated carbocycles. The van der Waals surface area contributed by atoms with Gasteiger partial charge in [0.05, 0.1) is 22.6 Å². The van der Waals surface area contributed by atoms with Gasteiger partial charge in [0.1, 0.15) is 5.78 Å². The summed E-state index contributed by atoms with van der Waals surface area (Å²) >= 11 is 2.16. The molecule has 6 heteroatoms. The molecule has 1 aromatic rings. The summed E-state index contributed by atoms with van der Waals surface area (Å²) in [5.74, 6) is 0.0249. The minimum absolute atomic E-state index is 0.0288. The molecule has 0 fully saturated rings. The van der Waals surface area contributed by atoms with Crippen LogP contribution >= 0.6 is 22.6 Å². The Morgan fingerprint density at radius 3 is 1.61 bits per heavy atom. The third-order valence-corrected chi connectivity index (χ3v) is 10.4. The number of nitrogens with zero attached hydrogens (tertiary/aromatic N) is 1. The van der Waals surface area contributed by atoms with Crippen LogP contribution in [0.1, 0.15) is 142 Å². The van der Waals surface area contributed by atoms with Crippen LogP contribution in [-0.2, 0) is 25.2 Å². The highest BCUT2D eigenvalue weighted by atomic mass is 127. The molecule has 3 atom stereocenters. The van der Waals surface area contributed by atoms with Crippen molar-refractivity contribution in [2.45, 2.75) is 162 Å². The molecular weight excluding hydrogens is 683 g/mol. The van der Waals surface area contributed by atoms with Crippen molar-refractivity contribution in [1.29, 1.82) is 0 Å². The highest BCUT2D eigenvalue weighted by Crippen LogP contribution is 2.41. The van der Waals surface area contributed by atoms with Crippen LogP contribution in [0.3, 0.4) is 0 Å². The van der Waals surface area contributed by atoms with Crippen molar-refractivity contribution < 1.29 is 14.4 Å². The van der Waals surface area contributed by atoms with Gasteiger partial charge in [0.15, 0.2) is 11.6 Å². The van der Waals surface area contributed by atoms with Gasteiger partial charge in [0, 0.05) is 22.9 Å². The van der Waals surface area contributed by atoms with Crippen molar-refractivity contribution in [2.24, 2.45) is 23.7 Å². The number of Topliss-reactive ketones (excluding diaryl/α,β-unsaturated/α-hetero) is 3. The molecule has 0 aliphatic rings. The van der Waals surface area contributed by atoms with Crippen molar-refractivity contribution in [3.63, 3.8) is 0 Å². The summed E-state index contributed by atoms with van der Waals surface area (Å²) in [4.78, 5) is 42.4. The Hall–Kier alpha value is -1.12. The van der Waals surface area contributed by atoms with E-state index in [0.29, 0.717) is 5.92 Å². The number of ketones is 3. The second kappa shape index (κ2) is 16.1. The predicted molar refractivity (Wildman–Crippen MR) is 205 cm³/mol. The predicted octanol–water partition coefficient (Wildman–Crippen LogP) is 9.36. The average Bonchev–Trinajstić information content (AvgIpc) is 2.85. The summed E-state index contributed by atoms with van der Waals surface area (Å²) in [7, 11) is 0. The normalized spacial score (nSPS) is 16.2. The Balaban J connectivity index is 3.55. The van der Waals surface area contributed by atoms with Crippen molar-refractivity contribution in [3.8, 4) is 0 Å². The first kappa shape index (κ1) is 42.9. The fraction of sp³-hybridized carbons (Fsp3) is 0.775. The van der Waals surface area contributed by atoms with Crippen LogP contribution in [0.2, 0.25) is 0 Å². The van der Waals surface area contributed by atoms with Crippen molar-refractivity contribution >= 4 is 39.9 Å². The van der Waals surface area contributed by atoms with Gasteiger partial charge in [-0.1, -0.05) is 116 Å². The first-order valence-corrected chi connectivity index (χ1v) is 18.5. The first-order valence-electron chi connectivity index (χ1n) is 17.5. The SMILES string of the molecule is CC(C)C(=O)CN(CC(=O)C(C)(C)I)C(C(=O)C(C)C)C(C)CC(C)(c1ccc(C(C)(C)CC(C)(C)NC(C)(C)C)cc1)C(C)C. The van der Waals surface area contributed by atoms with E-state index >= 15 is 0 Å². The fourth-order valence-electron chi connectivity index (χ4n) is 7.21. The van der Waals surface area contributed by atoms with Crippen molar-refractivity contribution in [1.82, 2.24) is 10.2 Å². The zero-order valence-corrected chi connectivity index (χ0v) is 34.7. The molecule has 264 valence electrons. The number of halogens is 1. The molecule has 5 nitrogen and oxygen atoms in total. The molecule has 1 N–H and O–H groups in total. The number of carbonyl (C=O) groups excluding carboxylic acids is 3. The zero-order chi connectivity index (χ0) is 36.2. The number of carbonyl (C=O) groups is 3. The van der Waals surface area contributed by atoms with Crippen LogP contribution < -0.4 is 5.32 Å². The molecule has 46 heavy (non-hydrogen) atoms. The van der Waals surface area contributed by atoms with E-state index in [1.54, 1.807) is 0 Å². The zero-order valence-electron chi connectivity index (χ0n) is 32.6. The fourth-order valence-corrected chi connectivity index (χ4v) is 7.38. The van der Waals surface area contributed by atoms with E-state index in [2.05, 4.69) is 128 Å². The molecule has 0 aromatic heterocycles. The van der Waals surface area contributed by atoms with Gasteiger partial charge in [-0.3, -0.25) is 19.3 Å². The lowest BCUT2D eigenvalue weighted by atomic mass is 9.66. The number of benzene rings is 1. The lowest BCUT2D eigenvalue weighted by molar-refractivity contribution is -0.134. The molecule has 0 saturated heterocycles. The molecular formula is C40H69IN2O3. The quantitative estimate of drug-likeness (QED) is 0.120. The van der Waals surface area contributed by atoms with Gasteiger partial charge in [0.2, 0.25) is 0 Å². The van der Waals surface area contributed by atoms with E-state index in [9.17, 15) is 14.4 Å². The van der Waals surface area contributed by atoms with Gasteiger partial charge in [-0.25, -0.2) is 0 Å². The van der Waals surface area contributed by atoms with Crippen LogP contribution in [0, 0.1) is 23.7 Å². The Morgan fingerprint density at radius 1 is 0.739 bits per heavy atom. The Bertz CT molecular complexity index is 1170. The van der Waals surface area contributed by atoms with E-state index in [1.165, 1.54) is 11.1 Å². The monoisotopic (exact) mass is 752 g/mol. The maximum Gasteiger partial charge on any atom is 0.162 e. The second-order valence-electron chi connectivity index (χ2n) is 18.1. The maximum atomic E-state index is 14.0. The minimum Gasteiger partial charge on any atom is -0.307 e. The molecule has 0 bridgehead atoms. The summed E-state index contributed by atoms with van der Waals surface area (Å²) in [6, 6.07) is 8.63. The second-order valence-corrected chi connectivity index (χ2v) is 20.8. The molecule has 0 aliphatic carbocycles. The molecule has 1 aromatic carbocycles. The van der Waals surface area contributed by atoms with Gasteiger partial charge in [-0.2, -0.15) is 0 Å². The lowest BCUT2D eigenvalue weighted by Crippen LogP contribution is -2.54. The van der Waals surface area contributed by atoms with Crippen LogP contribution in [0.5, 0.6) is 0 Å². The van der Waals surface area contributed by atoms with Gasteiger partial charge < -0.3 is 5.32 Å². The highest BCUT2D eigenvalue weighted by molar-refractivity contribution is 14.1. The third kappa shape index (κ3) is 12.4. The van der Waals surface area contributed by atoms with Crippen LogP contribution in [-0.4, -0.2) is 55.9 Å². The molecule has 0 aliphatic heterocycles.